The van der Waals surface area contributed by atoms with Crippen LogP contribution >= 0.6 is 11.6 Å². The zero-order valence-corrected chi connectivity index (χ0v) is 13.1. The van der Waals surface area contributed by atoms with Crippen LogP contribution < -0.4 is 10.2 Å². The summed E-state index contributed by atoms with van der Waals surface area (Å²) in [7, 11) is 0. The third kappa shape index (κ3) is 3.88. The second-order valence-corrected chi connectivity index (χ2v) is 5.59. The molecule has 0 saturated carbocycles. The van der Waals surface area contributed by atoms with Crippen molar-refractivity contribution in [1.82, 2.24) is 10.2 Å². The minimum atomic E-state index is -0.477. The fraction of sp³-hybridized carbons (Fsp3) is 0.467. The van der Waals surface area contributed by atoms with E-state index in [0.29, 0.717) is 13.1 Å². The molecular weight excluding hydrogens is 290 g/mol. The highest BCUT2D eigenvalue weighted by Crippen LogP contribution is 2.26. The van der Waals surface area contributed by atoms with E-state index in [2.05, 4.69) is 10.2 Å². The Morgan fingerprint density at radius 2 is 1.81 bits per heavy atom. The van der Waals surface area contributed by atoms with E-state index in [1.807, 2.05) is 24.3 Å². The lowest BCUT2D eigenvalue weighted by molar-refractivity contribution is -0.135. The summed E-state index contributed by atoms with van der Waals surface area (Å²) in [6.07, 6.45) is 0. The highest BCUT2D eigenvalue weighted by Gasteiger charge is 2.25. The van der Waals surface area contributed by atoms with Crippen LogP contribution in [0.2, 0.25) is 5.02 Å². The predicted octanol–water partition coefficient (Wildman–Crippen LogP) is 1.51. The predicted molar refractivity (Wildman–Crippen MR) is 83.5 cm³/mol. The Labute approximate surface area is 129 Å². The summed E-state index contributed by atoms with van der Waals surface area (Å²) in [6, 6.07) is 7.24. The lowest BCUT2D eigenvalue weighted by Gasteiger charge is -2.37. The van der Waals surface area contributed by atoms with Crippen molar-refractivity contribution in [2.24, 2.45) is 0 Å². The first-order chi connectivity index (χ1) is 9.99. The van der Waals surface area contributed by atoms with Gasteiger partial charge in [0.05, 0.1) is 10.7 Å². The third-order valence-electron chi connectivity index (χ3n) is 3.57. The fourth-order valence-corrected chi connectivity index (χ4v) is 2.77. The van der Waals surface area contributed by atoms with Crippen LogP contribution in [0.5, 0.6) is 0 Å². The molecule has 1 fully saturated rings. The van der Waals surface area contributed by atoms with Crippen molar-refractivity contribution in [1.29, 1.82) is 0 Å². The van der Waals surface area contributed by atoms with Gasteiger partial charge in [-0.05, 0) is 19.1 Å². The molecule has 21 heavy (non-hydrogen) atoms. The van der Waals surface area contributed by atoms with Gasteiger partial charge in [0.2, 0.25) is 11.8 Å². The van der Waals surface area contributed by atoms with Gasteiger partial charge in [-0.1, -0.05) is 23.7 Å². The number of nitrogens with one attached hydrogen (secondary N) is 1. The summed E-state index contributed by atoms with van der Waals surface area (Å²) in [5.41, 5.74) is 1.00. The van der Waals surface area contributed by atoms with Crippen LogP contribution in [0.3, 0.4) is 0 Å². The molecule has 2 rings (SSSR count). The molecular formula is C15H20ClN3O2. The maximum atomic E-state index is 12.2. The molecule has 1 aromatic rings. The first kappa shape index (κ1) is 15.6. The lowest BCUT2D eigenvalue weighted by atomic mass is 10.2. The summed E-state index contributed by atoms with van der Waals surface area (Å²) < 4.78 is 0. The monoisotopic (exact) mass is 309 g/mol. The maximum Gasteiger partial charge on any atom is 0.244 e. The standard InChI is InChI=1S/C15H20ClN3O2/c1-11(17-12(2)20)15(21)19-9-7-18(8-10-19)14-6-4-3-5-13(14)16/h3-6,11H,7-10H2,1-2H3,(H,17,20). The van der Waals surface area contributed by atoms with Crippen LogP contribution in [0.4, 0.5) is 5.69 Å². The zero-order chi connectivity index (χ0) is 15.4. The Balaban J connectivity index is 1.93. The molecule has 1 heterocycles. The summed E-state index contributed by atoms with van der Waals surface area (Å²) in [4.78, 5) is 27.2. The van der Waals surface area contributed by atoms with Gasteiger partial charge in [-0.25, -0.2) is 0 Å². The Bertz CT molecular complexity index is 527. The van der Waals surface area contributed by atoms with E-state index in [-0.39, 0.29) is 11.8 Å². The van der Waals surface area contributed by atoms with Crippen molar-refractivity contribution in [3.63, 3.8) is 0 Å². The van der Waals surface area contributed by atoms with Gasteiger partial charge in [0.15, 0.2) is 0 Å². The van der Waals surface area contributed by atoms with E-state index in [9.17, 15) is 9.59 Å². The second-order valence-electron chi connectivity index (χ2n) is 5.19. The summed E-state index contributed by atoms with van der Waals surface area (Å²) in [6.45, 7) is 5.87. The van der Waals surface area contributed by atoms with Gasteiger partial charge in [0.25, 0.3) is 0 Å². The molecule has 1 N–H and O–H groups in total. The van der Waals surface area contributed by atoms with Crippen molar-refractivity contribution >= 4 is 29.1 Å². The first-order valence-corrected chi connectivity index (χ1v) is 7.42. The van der Waals surface area contributed by atoms with Gasteiger partial charge in [-0.15, -0.1) is 0 Å². The largest absolute Gasteiger partial charge is 0.367 e. The van der Waals surface area contributed by atoms with Gasteiger partial charge in [0, 0.05) is 33.1 Å². The minimum absolute atomic E-state index is 0.0380. The molecule has 0 bridgehead atoms. The van der Waals surface area contributed by atoms with E-state index >= 15 is 0 Å². The Kier molecular flexibility index (Phi) is 5.07. The number of benzene rings is 1. The molecule has 114 valence electrons. The smallest absolute Gasteiger partial charge is 0.244 e. The van der Waals surface area contributed by atoms with E-state index in [1.54, 1.807) is 11.8 Å². The lowest BCUT2D eigenvalue weighted by Crippen LogP contribution is -2.54. The van der Waals surface area contributed by atoms with E-state index in [4.69, 9.17) is 11.6 Å². The molecule has 1 aliphatic heterocycles. The summed E-state index contributed by atoms with van der Waals surface area (Å²) in [5, 5.41) is 3.35. The molecule has 1 unspecified atom stereocenters. The SMILES string of the molecule is CC(=O)NC(C)C(=O)N1CCN(c2ccccc2Cl)CC1. The van der Waals surface area contributed by atoms with Gasteiger partial charge >= 0.3 is 0 Å². The first-order valence-electron chi connectivity index (χ1n) is 7.04. The third-order valence-corrected chi connectivity index (χ3v) is 3.89. The number of halogens is 1. The van der Waals surface area contributed by atoms with Crippen molar-refractivity contribution in [3.8, 4) is 0 Å². The quantitative estimate of drug-likeness (QED) is 0.921. The van der Waals surface area contributed by atoms with E-state index in [1.165, 1.54) is 6.92 Å². The van der Waals surface area contributed by atoms with Crippen LogP contribution in [-0.2, 0) is 9.59 Å². The topological polar surface area (TPSA) is 52.7 Å². The molecule has 0 spiro atoms. The van der Waals surface area contributed by atoms with Gasteiger partial charge in [-0.2, -0.15) is 0 Å². The van der Waals surface area contributed by atoms with Crippen LogP contribution in [0.25, 0.3) is 0 Å². The van der Waals surface area contributed by atoms with Crippen LogP contribution in [0.1, 0.15) is 13.8 Å². The number of anilines is 1. The molecule has 0 aromatic heterocycles. The van der Waals surface area contributed by atoms with Crippen molar-refractivity contribution in [2.45, 2.75) is 19.9 Å². The molecule has 5 nitrogen and oxygen atoms in total. The van der Waals surface area contributed by atoms with Gasteiger partial charge in [0.1, 0.15) is 6.04 Å². The Morgan fingerprint density at radius 3 is 2.38 bits per heavy atom. The van der Waals surface area contributed by atoms with Crippen LogP contribution in [0.15, 0.2) is 24.3 Å². The number of rotatable bonds is 3. The van der Waals surface area contributed by atoms with E-state index in [0.717, 1.165) is 23.8 Å². The average molecular weight is 310 g/mol. The number of amides is 2. The second kappa shape index (κ2) is 6.80. The fourth-order valence-electron chi connectivity index (χ4n) is 2.52. The molecule has 0 aliphatic carbocycles. The molecule has 2 amide bonds. The number of carbonyl (C=O) groups is 2. The summed E-state index contributed by atoms with van der Waals surface area (Å²) in [5.74, 6) is -0.227. The zero-order valence-electron chi connectivity index (χ0n) is 12.3. The number of hydrogen-bond acceptors (Lipinski definition) is 3. The Morgan fingerprint density at radius 1 is 1.19 bits per heavy atom. The number of para-hydroxylation sites is 1. The Hall–Kier alpha value is -1.75. The molecule has 1 atom stereocenters. The molecule has 1 aromatic carbocycles. The van der Waals surface area contributed by atoms with Crippen LogP contribution in [-0.4, -0.2) is 48.9 Å². The van der Waals surface area contributed by atoms with Gasteiger partial charge in [-0.3, -0.25) is 9.59 Å². The average Bonchev–Trinajstić information content (AvgIpc) is 2.46. The molecule has 0 radical (unpaired) electrons. The molecule has 6 heteroatoms. The van der Waals surface area contributed by atoms with Gasteiger partial charge < -0.3 is 15.1 Å². The number of hydrogen-bond donors (Lipinski definition) is 1. The molecule has 1 aliphatic rings. The molecule has 1 saturated heterocycles. The highest BCUT2D eigenvalue weighted by atomic mass is 35.5. The van der Waals surface area contributed by atoms with Crippen molar-refractivity contribution in [3.05, 3.63) is 29.3 Å². The minimum Gasteiger partial charge on any atom is -0.367 e. The highest BCUT2D eigenvalue weighted by molar-refractivity contribution is 6.33. The van der Waals surface area contributed by atoms with Crippen molar-refractivity contribution < 1.29 is 9.59 Å². The number of carbonyl (C=O) groups excluding carboxylic acids is 2. The number of piperazine rings is 1. The maximum absolute atomic E-state index is 12.2. The normalized spacial score (nSPS) is 16.5. The van der Waals surface area contributed by atoms with Crippen LogP contribution in [0, 0.1) is 0 Å². The van der Waals surface area contributed by atoms with Crippen molar-refractivity contribution in [2.75, 3.05) is 31.1 Å². The van der Waals surface area contributed by atoms with E-state index < -0.39 is 6.04 Å². The number of nitrogens with zero attached hydrogens (tertiary/aromatic N) is 2. The summed E-state index contributed by atoms with van der Waals surface area (Å²) >= 11 is 6.19.